The number of hydrogen-bond donors (Lipinski definition) is 1. The lowest BCUT2D eigenvalue weighted by atomic mass is 10.1. The predicted octanol–water partition coefficient (Wildman–Crippen LogP) is 1.71. The van der Waals surface area contributed by atoms with Gasteiger partial charge < -0.3 is 4.74 Å². The summed E-state index contributed by atoms with van der Waals surface area (Å²) in [5.41, 5.74) is 2.40. The molecule has 1 aromatic rings. The van der Waals surface area contributed by atoms with Crippen molar-refractivity contribution in [1.82, 2.24) is 4.90 Å². The Hall–Kier alpha value is -0.460. The first-order valence-electron chi connectivity index (χ1n) is 6.18. The van der Waals surface area contributed by atoms with Gasteiger partial charge in [0.15, 0.2) is 0 Å². The summed E-state index contributed by atoms with van der Waals surface area (Å²) in [6, 6.07) is 6.27. The molecule has 1 fully saturated rings. The monoisotopic (exact) mass is 314 g/mol. The Morgan fingerprint density at radius 1 is 1.33 bits per heavy atom. The van der Waals surface area contributed by atoms with Gasteiger partial charge in [0.05, 0.1) is 19.8 Å². The fraction of sp³-hybridized carbons (Fsp3) is 0.538. The average molecular weight is 315 g/mol. The van der Waals surface area contributed by atoms with Crippen LogP contribution in [0.1, 0.15) is 11.1 Å². The zero-order valence-corrected chi connectivity index (χ0v) is 12.0. The minimum atomic E-state index is 0.447. The van der Waals surface area contributed by atoms with Crippen LogP contribution in [0.4, 0.5) is 0 Å². The van der Waals surface area contributed by atoms with Gasteiger partial charge in [0.25, 0.3) is 0 Å². The van der Waals surface area contributed by atoms with Crippen molar-refractivity contribution in [2.75, 3.05) is 32.8 Å². The Morgan fingerprint density at radius 2 is 2.11 bits per heavy atom. The number of halogens is 1. The van der Waals surface area contributed by atoms with Crippen molar-refractivity contribution < 1.29 is 9.57 Å². The molecule has 0 aliphatic carbocycles. The SMILES string of the molecule is NOCc1ccc(CCN2CCOCC2)c(Br)c1. The number of rotatable bonds is 5. The third-order valence-corrected chi connectivity index (χ3v) is 3.91. The van der Waals surface area contributed by atoms with Crippen LogP contribution in [-0.4, -0.2) is 37.7 Å². The van der Waals surface area contributed by atoms with Crippen LogP contribution in [0.3, 0.4) is 0 Å². The van der Waals surface area contributed by atoms with E-state index in [-0.39, 0.29) is 0 Å². The smallest absolute Gasteiger partial charge is 0.0930 e. The Morgan fingerprint density at radius 3 is 2.78 bits per heavy atom. The van der Waals surface area contributed by atoms with Crippen molar-refractivity contribution in [3.63, 3.8) is 0 Å². The number of ether oxygens (including phenoxy) is 1. The molecule has 100 valence electrons. The van der Waals surface area contributed by atoms with Gasteiger partial charge >= 0.3 is 0 Å². The van der Waals surface area contributed by atoms with Crippen LogP contribution >= 0.6 is 15.9 Å². The molecule has 1 saturated heterocycles. The molecule has 0 bridgehead atoms. The number of benzene rings is 1. The minimum Gasteiger partial charge on any atom is -0.379 e. The van der Waals surface area contributed by atoms with E-state index < -0.39 is 0 Å². The van der Waals surface area contributed by atoms with Gasteiger partial charge in [0, 0.05) is 24.1 Å². The second-order valence-electron chi connectivity index (χ2n) is 4.44. The first-order chi connectivity index (χ1) is 8.79. The molecule has 0 atom stereocenters. The third-order valence-electron chi connectivity index (χ3n) is 3.17. The number of nitrogens with zero attached hydrogens (tertiary/aromatic N) is 1. The summed E-state index contributed by atoms with van der Waals surface area (Å²) in [6.45, 7) is 5.31. The second kappa shape index (κ2) is 7.21. The Balaban J connectivity index is 1.88. The summed E-state index contributed by atoms with van der Waals surface area (Å²) in [5, 5.41) is 0. The van der Waals surface area contributed by atoms with Crippen molar-refractivity contribution in [3.05, 3.63) is 33.8 Å². The third kappa shape index (κ3) is 4.03. The van der Waals surface area contributed by atoms with Gasteiger partial charge in [-0.05, 0) is 23.6 Å². The summed E-state index contributed by atoms with van der Waals surface area (Å²) in [5.74, 6) is 5.07. The maximum Gasteiger partial charge on any atom is 0.0930 e. The first kappa shape index (κ1) is 14.0. The number of nitrogens with two attached hydrogens (primary N) is 1. The van der Waals surface area contributed by atoms with Gasteiger partial charge in [0.1, 0.15) is 0 Å². The van der Waals surface area contributed by atoms with Crippen LogP contribution < -0.4 is 5.90 Å². The first-order valence-corrected chi connectivity index (χ1v) is 6.98. The molecule has 18 heavy (non-hydrogen) atoms. The molecule has 1 aromatic carbocycles. The van der Waals surface area contributed by atoms with Gasteiger partial charge in [0.2, 0.25) is 0 Å². The van der Waals surface area contributed by atoms with Gasteiger partial charge in [-0.25, -0.2) is 5.90 Å². The fourth-order valence-electron chi connectivity index (χ4n) is 2.08. The minimum absolute atomic E-state index is 0.447. The topological polar surface area (TPSA) is 47.7 Å². The van der Waals surface area contributed by atoms with E-state index in [1.54, 1.807) is 0 Å². The van der Waals surface area contributed by atoms with Crippen molar-refractivity contribution >= 4 is 15.9 Å². The summed E-state index contributed by atoms with van der Waals surface area (Å²) < 4.78 is 6.47. The fourth-order valence-corrected chi connectivity index (χ4v) is 2.71. The van der Waals surface area contributed by atoms with E-state index in [1.165, 1.54) is 5.56 Å². The number of hydrogen-bond acceptors (Lipinski definition) is 4. The van der Waals surface area contributed by atoms with Crippen LogP contribution in [0.2, 0.25) is 0 Å². The zero-order valence-electron chi connectivity index (χ0n) is 10.4. The van der Waals surface area contributed by atoms with Gasteiger partial charge in [-0.2, -0.15) is 0 Å². The maximum absolute atomic E-state index is 5.34. The molecule has 0 unspecified atom stereocenters. The Bertz CT molecular complexity index is 381. The van der Waals surface area contributed by atoms with Crippen molar-refractivity contribution in [3.8, 4) is 0 Å². The summed E-state index contributed by atoms with van der Waals surface area (Å²) >= 11 is 3.60. The number of morpholine rings is 1. The van der Waals surface area contributed by atoms with Crippen LogP contribution in [0.5, 0.6) is 0 Å². The van der Waals surface area contributed by atoms with Crippen LogP contribution in [0.15, 0.2) is 22.7 Å². The lowest BCUT2D eigenvalue weighted by Gasteiger charge is -2.26. The summed E-state index contributed by atoms with van der Waals surface area (Å²) in [7, 11) is 0. The summed E-state index contributed by atoms with van der Waals surface area (Å²) in [6.07, 6.45) is 1.05. The van der Waals surface area contributed by atoms with E-state index in [0.717, 1.165) is 49.3 Å². The lowest BCUT2D eigenvalue weighted by Crippen LogP contribution is -2.37. The molecule has 1 aliphatic rings. The highest BCUT2D eigenvalue weighted by Gasteiger charge is 2.10. The molecule has 0 radical (unpaired) electrons. The normalized spacial score (nSPS) is 17.0. The van der Waals surface area contributed by atoms with Gasteiger partial charge in [-0.15, -0.1) is 0 Å². The molecule has 4 nitrogen and oxygen atoms in total. The highest BCUT2D eigenvalue weighted by molar-refractivity contribution is 9.10. The molecule has 0 aromatic heterocycles. The lowest BCUT2D eigenvalue weighted by molar-refractivity contribution is 0.0384. The van der Waals surface area contributed by atoms with Crippen LogP contribution in [-0.2, 0) is 22.6 Å². The molecule has 1 aliphatic heterocycles. The highest BCUT2D eigenvalue weighted by atomic mass is 79.9. The molecule has 1 heterocycles. The van der Waals surface area contributed by atoms with Gasteiger partial charge in [-0.1, -0.05) is 28.1 Å². The van der Waals surface area contributed by atoms with E-state index in [2.05, 4.69) is 43.9 Å². The molecule has 2 N–H and O–H groups in total. The predicted molar refractivity (Wildman–Crippen MR) is 74.1 cm³/mol. The highest BCUT2D eigenvalue weighted by Crippen LogP contribution is 2.20. The van der Waals surface area contributed by atoms with E-state index in [4.69, 9.17) is 10.6 Å². The van der Waals surface area contributed by atoms with E-state index >= 15 is 0 Å². The van der Waals surface area contributed by atoms with Crippen molar-refractivity contribution in [2.24, 2.45) is 5.90 Å². The largest absolute Gasteiger partial charge is 0.379 e. The quantitative estimate of drug-likeness (QED) is 0.841. The molecule has 2 rings (SSSR count). The molecule has 0 saturated carbocycles. The average Bonchev–Trinajstić information content (AvgIpc) is 2.39. The van der Waals surface area contributed by atoms with E-state index in [9.17, 15) is 0 Å². The molecule has 0 spiro atoms. The maximum atomic E-state index is 5.34. The standard InChI is InChI=1S/C13H19BrN2O2/c14-13-9-11(10-18-15)1-2-12(13)3-4-16-5-7-17-8-6-16/h1-2,9H,3-8,10,15H2. The van der Waals surface area contributed by atoms with E-state index in [0.29, 0.717) is 6.61 Å². The van der Waals surface area contributed by atoms with Crippen LogP contribution in [0, 0.1) is 0 Å². The zero-order chi connectivity index (χ0) is 12.8. The molecule has 5 heteroatoms. The van der Waals surface area contributed by atoms with Crippen molar-refractivity contribution in [1.29, 1.82) is 0 Å². The van der Waals surface area contributed by atoms with E-state index in [1.807, 2.05) is 0 Å². The van der Waals surface area contributed by atoms with Crippen molar-refractivity contribution in [2.45, 2.75) is 13.0 Å². The molecular formula is C13H19BrN2O2. The Labute approximate surface area is 116 Å². The second-order valence-corrected chi connectivity index (χ2v) is 5.30. The Kier molecular flexibility index (Phi) is 5.59. The molecule has 0 amide bonds. The van der Waals surface area contributed by atoms with Gasteiger partial charge in [-0.3, -0.25) is 9.74 Å². The summed E-state index contributed by atoms with van der Waals surface area (Å²) in [4.78, 5) is 7.07. The van der Waals surface area contributed by atoms with Crippen LogP contribution in [0.25, 0.3) is 0 Å². The molecular weight excluding hydrogens is 296 g/mol.